The molecule has 2 heterocycles. The molecule has 8 heteroatoms. The van der Waals surface area contributed by atoms with Crippen LogP contribution in [0.25, 0.3) is 6.08 Å². The van der Waals surface area contributed by atoms with E-state index in [0.717, 1.165) is 11.1 Å². The highest BCUT2D eigenvalue weighted by Gasteiger charge is 2.18. The van der Waals surface area contributed by atoms with Crippen molar-refractivity contribution in [3.63, 3.8) is 0 Å². The number of benzene rings is 2. The van der Waals surface area contributed by atoms with Crippen molar-refractivity contribution in [3.05, 3.63) is 89.9 Å². The lowest BCUT2D eigenvalue weighted by atomic mass is 10.1. The number of pyridine rings is 1. The molecule has 1 unspecified atom stereocenters. The molecule has 2 aromatic carbocycles. The number of hydrazine groups is 1. The Labute approximate surface area is 186 Å². The zero-order valence-corrected chi connectivity index (χ0v) is 17.6. The SMILES string of the molecule is CNC(=O)c1cc(Oc2ccc3c(c2)C=CN(NC(CCO)c2ccccc2)O3)ccn1. The highest BCUT2D eigenvalue weighted by molar-refractivity contribution is 5.92. The molecule has 4 rings (SSSR count). The molecule has 0 bridgehead atoms. The third-order valence-electron chi connectivity index (χ3n) is 4.90. The van der Waals surface area contributed by atoms with Gasteiger partial charge in [-0.25, -0.2) is 0 Å². The van der Waals surface area contributed by atoms with E-state index in [4.69, 9.17) is 9.57 Å². The third-order valence-corrected chi connectivity index (χ3v) is 4.90. The minimum atomic E-state index is -0.278. The first kappa shape index (κ1) is 21.4. The average molecular weight is 432 g/mol. The molecule has 32 heavy (non-hydrogen) atoms. The van der Waals surface area contributed by atoms with Gasteiger partial charge in [0.25, 0.3) is 5.91 Å². The van der Waals surface area contributed by atoms with Crippen LogP contribution in [0.4, 0.5) is 0 Å². The number of nitrogens with zero attached hydrogens (tertiary/aromatic N) is 2. The Morgan fingerprint density at radius 3 is 2.75 bits per heavy atom. The number of aromatic nitrogens is 1. The number of hydrogen-bond donors (Lipinski definition) is 3. The molecule has 164 valence electrons. The van der Waals surface area contributed by atoms with Gasteiger partial charge < -0.3 is 20.0 Å². The van der Waals surface area contributed by atoms with E-state index in [0.29, 0.717) is 23.7 Å². The van der Waals surface area contributed by atoms with Gasteiger partial charge in [-0.15, -0.1) is 5.17 Å². The number of hydroxylamine groups is 1. The minimum Gasteiger partial charge on any atom is -0.457 e. The molecule has 0 aliphatic carbocycles. The van der Waals surface area contributed by atoms with Crippen molar-refractivity contribution in [1.82, 2.24) is 20.9 Å². The second kappa shape index (κ2) is 9.95. The van der Waals surface area contributed by atoms with Crippen molar-refractivity contribution in [2.75, 3.05) is 13.7 Å². The topological polar surface area (TPSA) is 96.0 Å². The van der Waals surface area contributed by atoms with Crippen LogP contribution in [-0.4, -0.2) is 34.8 Å². The number of nitrogens with one attached hydrogen (secondary N) is 2. The number of aliphatic hydroxyl groups is 1. The first-order valence-electron chi connectivity index (χ1n) is 10.2. The number of ether oxygens (including phenoxy) is 1. The maximum Gasteiger partial charge on any atom is 0.269 e. The Kier molecular flexibility index (Phi) is 6.64. The first-order chi connectivity index (χ1) is 15.7. The monoisotopic (exact) mass is 432 g/mol. The zero-order valence-electron chi connectivity index (χ0n) is 17.6. The van der Waals surface area contributed by atoms with Crippen molar-refractivity contribution in [2.45, 2.75) is 12.5 Å². The normalized spacial score (nSPS) is 13.1. The first-order valence-corrected chi connectivity index (χ1v) is 10.2. The molecule has 0 saturated carbocycles. The summed E-state index contributed by atoms with van der Waals surface area (Å²) >= 11 is 0. The highest BCUT2D eigenvalue weighted by Crippen LogP contribution is 2.32. The Bertz CT molecular complexity index is 1100. The maximum atomic E-state index is 11.8. The van der Waals surface area contributed by atoms with E-state index >= 15 is 0 Å². The highest BCUT2D eigenvalue weighted by atomic mass is 16.7. The Morgan fingerprint density at radius 2 is 1.97 bits per heavy atom. The molecule has 0 spiro atoms. The lowest BCUT2D eigenvalue weighted by molar-refractivity contribution is -0.0731. The van der Waals surface area contributed by atoms with Crippen LogP contribution in [0, 0.1) is 0 Å². The number of amides is 1. The molecule has 1 aliphatic rings. The van der Waals surface area contributed by atoms with Crippen molar-refractivity contribution in [2.24, 2.45) is 0 Å². The quantitative estimate of drug-likeness (QED) is 0.502. The molecular weight excluding hydrogens is 408 g/mol. The van der Waals surface area contributed by atoms with Crippen LogP contribution in [0.1, 0.15) is 34.1 Å². The van der Waals surface area contributed by atoms with Gasteiger partial charge in [-0.1, -0.05) is 30.3 Å². The molecule has 3 aromatic rings. The lowest BCUT2D eigenvalue weighted by Crippen LogP contribution is -2.40. The number of aliphatic hydroxyl groups excluding tert-OH is 1. The van der Waals surface area contributed by atoms with Crippen molar-refractivity contribution in [3.8, 4) is 17.2 Å². The van der Waals surface area contributed by atoms with Crippen LogP contribution in [0.15, 0.2) is 73.1 Å². The summed E-state index contributed by atoms with van der Waals surface area (Å²) in [6.07, 6.45) is 5.75. The Balaban J connectivity index is 1.45. The van der Waals surface area contributed by atoms with E-state index < -0.39 is 0 Å². The van der Waals surface area contributed by atoms with E-state index in [9.17, 15) is 9.90 Å². The molecular formula is C24H24N4O4. The second-order valence-electron chi connectivity index (χ2n) is 7.10. The second-order valence-corrected chi connectivity index (χ2v) is 7.10. The number of carbonyl (C=O) groups excluding carboxylic acids is 1. The van der Waals surface area contributed by atoms with Gasteiger partial charge in [-0.3, -0.25) is 9.78 Å². The molecule has 1 amide bonds. The van der Waals surface area contributed by atoms with Gasteiger partial charge >= 0.3 is 0 Å². The van der Waals surface area contributed by atoms with E-state index in [1.54, 1.807) is 31.4 Å². The van der Waals surface area contributed by atoms with Gasteiger partial charge in [0.2, 0.25) is 0 Å². The molecule has 3 N–H and O–H groups in total. The third kappa shape index (κ3) is 5.05. The number of fused-ring (bicyclic) bond motifs is 1. The molecule has 1 atom stereocenters. The van der Waals surface area contributed by atoms with Gasteiger partial charge in [-0.2, -0.15) is 5.43 Å². The van der Waals surface area contributed by atoms with Crippen LogP contribution in [-0.2, 0) is 0 Å². The van der Waals surface area contributed by atoms with Crippen LogP contribution in [0.5, 0.6) is 17.2 Å². The van der Waals surface area contributed by atoms with E-state index in [-0.39, 0.29) is 24.2 Å². The van der Waals surface area contributed by atoms with Gasteiger partial charge in [0.1, 0.15) is 17.2 Å². The predicted octanol–water partition coefficient (Wildman–Crippen LogP) is 3.44. The fourth-order valence-electron chi connectivity index (χ4n) is 3.29. The summed E-state index contributed by atoms with van der Waals surface area (Å²) in [7, 11) is 1.55. The number of hydrogen-bond acceptors (Lipinski definition) is 7. The van der Waals surface area contributed by atoms with Crippen LogP contribution < -0.4 is 20.3 Å². The van der Waals surface area contributed by atoms with Crippen LogP contribution in [0.3, 0.4) is 0 Å². The summed E-state index contributed by atoms with van der Waals surface area (Å²) < 4.78 is 5.89. The van der Waals surface area contributed by atoms with Gasteiger partial charge in [-0.05, 0) is 42.3 Å². The molecule has 0 radical (unpaired) electrons. The lowest BCUT2D eigenvalue weighted by Gasteiger charge is -2.30. The summed E-state index contributed by atoms with van der Waals surface area (Å²) in [5, 5.41) is 13.5. The van der Waals surface area contributed by atoms with Crippen molar-refractivity contribution >= 4 is 12.0 Å². The van der Waals surface area contributed by atoms with E-state index in [1.165, 1.54) is 11.4 Å². The predicted molar refractivity (Wildman–Crippen MR) is 120 cm³/mol. The average Bonchev–Trinajstić information content (AvgIpc) is 2.84. The minimum absolute atomic E-state index is 0.0536. The summed E-state index contributed by atoms with van der Waals surface area (Å²) in [6, 6.07) is 18.5. The van der Waals surface area contributed by atoms with Gasteiger partial charge in [0.15, 0.2) is 5.75 Å². The molecule has 1 aromatic heterocycles. The van der Waals surface area contributed by atoms with Crippen molar-refractivity contribution in [1.29, 1.82) is 0 Å². The standard InChI is InChI=1S/C24H24N4O4/c1-25-24(30)22-16-20(9-12-26-22)31-19-7-8-23-18(15-19)10-13-28(32-23)27-21(11-14-29)17-5-3-2-4-6-17/h2-10,12-13,15-16,21,27,29H,11,14H2,1H3,(H,25,30). The maximum absolute atomic E-state index is 11.8. The fourth-order valence-corrected chi connectivity index (χ4v) is 3.29. The molecule has 1 aliphatic heterocycles. The van der Waals surface area contributed by atoms with E-state index in [2.05, 4.69) is 15.7 Å². The fraction of sp³-hybridized carbons (Fsp3) is 0.167. The largest absolute Gasteiger partial charge is 0.457 e. The Hall–Kier alpha value is -3.88. The molecule has 0 fully saturated rings. The zero-order chi connectivity index (χ0) is 22.3. The van der Waals surface area contributed by atoms with Crippen LogP contribution in [0.2, 0.25) is 0 Å². The van der Waals surface area contributed by atoms with Crippen LogP contribution >= 0.6 is 0 Å². The number of rotatable bonds is 8. The van der Waals surface area contributed by atoms with Gasteiger partial charge in [0, 0.05) is 31.5 Å². The summed E-state index contributed by atoms with van der Waals surface area (Å²) in [5.74, 6) is 1.50. The number of carbonyl (C=O) groups is 1. The summed E-state index contributed by atoms with van der Waals surface area (Å²) in [5.41, 5.74) is 5.46. The molecule has 0 saturated heterocycles. The summed E-state index contributed by atoms with van der Waals surface area (Å²) in [6.45, 7) is 0.0536. The molecule has 8 nitrogen and oxygen atoms in total. The van der Waals surface area contributed by atoms with Gasteiger partial charge in [0.05, 0.1) is 12.2 Å². The summed E-state index contributed by atoms with van der Waals surface area (Å²) in [4.78, 5) is 21.7. The van der Waals surface area contributed by atoms with Crippen molar-refractivity contribution < 1.29 is 19.5 Å². The smallest absolute Gasteiger partial charge is 0.269 e. The van der Waals surface area contributed by atoms with E-state index in [1.807, 2.05) is 48.5 Å². The Morgan fingerprint density at radius 1 is 1.16 bits per heavy atom.